The van der Waals surface area contributed by atoms with Crippen LogP contribution in [-0.2, 0) is 12.6 Å². The number of aromatic nitrogens is 3. The molecule has 42 heavy (non-hydrogen) atoms. The second-order valence-corrected chi connectivity index (χ2v) is 9.62. The highest BCUT2D eigenvalue weighted by atomic mass is 19.4. The van der Waals surface area contributed by atoms with E-state index in [0.717, 1.165) is 4.68 Å². The van der Waals surface area contributed by atoms with E-state index >= 15 is 0 Å². The molecule has 0 atom stereocenters. The van der Waals surface area contributed by atoms with Crippen LogP contribution in [0.4, 0.5) is 24.5 Å². The number of fused-ring (bicyclic) bond motifs is 1. The summed E-state index contributed by atoms with van der Waals surface area (Å²) in [4.78, 5) is 46.2. The molecule has 4 aromatic rings. The summed E-state index contributed by atoms with van der Waals surface area (Å²) in [6.45, 7) is -0.0431. The zero-order chi connectivity index (χ0) is 30.2. The summed E-state index contributed by atoms with van der Waals surface area (Å²) < 4.78 is 48.6. The molecule has 1 N–H and O–H groups in total. The standard InChI is InChI=1S/C29H25F3N6O4/c1-36(2)27(40)17-6-8-19(9-7-17)37-14-12-21-24(28(37)41)38(35-25(21)29(30,31)32)23-11-10-20(42-3)15-22(23)26(39)34-18-5-4-13-33-16-18/h4-11,13,15-16H,12,14H2,1-3H3,(H,34,39). The van der Waals surface area contributed by atoms with Crippen LogP contribution in [-0.4, -0.2) is 65.1 Å². The van der Waals surface area contributed by atoms with Gasteiger partial charge in [-0.1, -0.05) is 0 Å². The van der Waals surface area contributed by atoms with Gasteiger partial charge in [-0.2, -0.15) is 18.3 Å². The molecule has 0 aliphatic carbocycles. The van der Waals surface area contributed by atoms with E-state index in [1.54, 1.807) is 50.5 Å². The van der Waals surface area contributed by atoms with Crippen molar-refractivity contribution in [3.05, 3.63) is 95.1 Å². The first-order valence-corrected chi connectivity index (χ1v) is 12.7. The van der Waals surface area contributed by atoms with E-state index < -0.39 is 23.7 Å². The Balaban J connectivity index is 1.61. The van der Waals surface area contributed by atoms with Crippen molar-refractivity contribution in [2.24, 2.45) is 0 Å². The summed E-state index contributed by atoms with van der Waals surface area (Å²) in [6.07, 6.45) is -2.06. The second kappa shape index (κ2) is 11.0. The number of ether oxygens (including phenoxy) is 1. The highest BCUT2D eigenvalue weighted by Gasteiger charge is 2.43. The number of hydrogen-bond acceptors (Lipinski definition) is 6. The molecule has 0 saturated carbocycles. The summed E-state index contributed by atoms with van der Waals surface area (Å²) in [5.74, 6) is -1.37. The van der Waals surface area contributed by atoms with Crippen molar-refractivity contribution in [1.82, 2.24) is 19.7 Å². The number of halogens is 3. The van der Waals surface area contributed by atoms with Crippen molar-refractivity contribution < 1.29 is 32.3 Å². The first-order valence-electron chi connectivity index (χ1n) is 12.7. The Labute approximate surface area is 238 Å². The van der Waals surface area contributed by atoms with Crippen LogP contribution < -0.4 is 15.0 Å². The molecule has 2 aromatic carbocycles. The first kappa shape index (κ1) is 28.3. The van der Waals surface area contributed by atoms with E-state index in [1.165, 1.54) is 47.5 Å². The molecule has 0 saturated heterocycles. The lowest BCUT2D eigenvalue weighted by Crippen LogP contribution is -2.39. The fraction of sp³-hybridized carbons (Fsp3) is 0.207. The molecule has 0 spiro atoms. The Kier molecular flexibility index (Phi) is 7.42. The molecular formula is C29H25F3N6O4. The van der Waals surface area contributed by atoms with Crippen LogP contribution in [0.2, 0.25) is 0 Å². The van der Waals surface area contributed by atoms with Gasteiger partial charge in [0.2, 0.25) is 0 Å². The molecule has 1 aliphatic rings. The Bertz CT molecular complexity index is 1670. The van der Waals surface area contributed by atoms with Crippen molar-refractivity contribution in [3.8, 4) is 11.4 Å². The van der Waals surface area contributed by atoms with Crippen LogP contribution in [0.3, 0.4) is 0 Å². The van der Waals surface area contributed by atoms with Crippen molar-refractivity contribution in [1.29, 1.82) is 0 Å². The number of nitrogens with one attached hydrogen (secondary N) is 1. The number of hydrogen-bond donors (Lipinski definition) is 1. The highest BCUT2D eigenvalue weighted by Crippen LogP contribution is 2.38. The third kappa shape index (κ3) is 5.28. The average molecular weight is 579 g/mol. The highest BCUT2D eigenvalue weighted by molar-refractivity contribution is 6.10. The third-order valence-electron chi connectivity index (χ3n) is 6.71. The van der Waals surface area contributed by atoms with Gasteiger partial charge in [0.25, 0.3) is 17.7 Å². The summed E-state index contributed by atoms with van der Waals surface area (Å²) in [7, 11) is 4.60. The lowest BCUT2D eigenvalue weighted by Gasteiger charge is -2.28. The Morgan fingerprint density at radius 3 is 2.43 bits per heavy atom. The van der Waals surface area contributed by atoms with Crippen LogP contribution in [0, 0.1) is 0 Å². The fourth-order valence-electron chi connectivity index (χ4n) is 4.69. The minimum Gasteiger partial charge on any atom is -0.497 e. The number of benzene rings is 2. The molecule has 13 heteroatoms. The molecule has 10 nitrogen and oxygen atoms in total. The van der Waals surface area contributed by atoms with Crippen molar-refractivity contribution in [2.45, 2.75) is 12.6 Å². The zero-order valence-corrected chi connectivity index (χ0v) is 22.8. The first-order chi connectivity index (χ1) is 20.0. The van der Waals surface area contributed by atoms with E-state index in [0.29, 0.717) is 16.9 Å². The monoisotopic (exact) mass is 578 g/mol. The SMILES string of the molecule is COc1ccc(-n2nc(C(F)(F)F)c3c2C(=O)N(c2ccc(C(=O)N(C)C)cc2)CC3)c(C(=O)Nc2cccnc2)c1. The Morgan fingerprint density at radius 2 is 1.81 bits per heavy atom. The van der Waals surface area contributed by atoms with Crippen molar-refractivity contribution in [2.75, 3.05) is 38.0 Å². The normalized spacial score (nSPS) is 13.0. The summed E-state index contributed by atoms with van der Waals surface area (Å²) >= 11 is 0. The zero-order valence-electron chi connectivity index (χ0n) is 22.8. The van der Waals surface area contributed by atoms with E-state index in [4.69, 9.17) is 4.74 Å². The van der Waals surface area contributed by atoms with Gasteiger partial charge < -0.3 is 19.9 Å². The van der Waals surface area contributed by atoms with E-state index in [-0.39, 0.29) is 47.1 Å². The van der Waals surface area contributed by atoms with Crippen LogP contribution in [0.5, 0.6) is 5.75 Å². The van der Waals surface area contributed by atoms with Gasteiger partial charge in [0.1, 0.15) is 11.4 Å². The molecular weight excluding hydrogens is 553 g/mol. The maximum absolute atomic E-state index is 14.2. The van der Waals surface area contributed by atoms with Gasteiger partial charge in [-0.05, 0) is 61.0 Å². The maximum Gasteiger partial charge on any atom is 0.435 e. The third-order valence-corrected chi connectivity index (χ3v) is 6.71. The molecule has 5 rings (SSSR count). The van der Waals surface area contributed by atoms with Crippen LogP contribution in [0.1, 0.15) is 42.5 Å². The van der Waals surface area contributed by atoms with Crippen molar-refractivity contribution >= 4 is 29.1 Å². The van der Waals surface area contributed by atoms with Gasteiger partial charge in [-0.25, -0.2) is 4.68 Å². The van der Waals surface area contributed by atoms with E-state index in [2.05, 4.69) is 15.4 Å². The maximum atomic E-state index is 14.2. The fourth-order valence-corrected chi connectivity index (χ4v) is 4.69. The number of rotatable bonds is 6. The minimum atomic E-state index is -4.85. The largest absolute Gasteiger partial charge is 0.497 e. The van der Waals surface area contributed by atoms with Crippen LogP contribution >= 0.6 is 0 Å². The molecule has 2 aromatic heterocycles. The van der Waals surface area contributed by atoms with Gasteiger partial charge in [0, 0.05) is 43.7 Å². The molecule has 3 heterocycles. The number of carbonyl (C=O) groups excluding carboxylic acids is 3. The number of methoxy groups -OCH3 is 1. The molecule has 3 amide bonds. The molecule has 0 fully saturated rings. The molecule has 1 aliphatic heterocycles. The number of pyridine rings is 1. The number of anilines is 2. The molecule has 0 radical (unpaired) electrons. The molecule has 216 valence electrons. The van der Waals surface area contributed by atoms with Crippen LogP contribution in [0.15, 0.2) is 67.0 Å². The van der Waals surface area contributed by atoms with E-state index in [1.807, 2.05) is 0 Å². The van der Waals surface area contributed by atoms with Gasteiger partial charge in [-0.3, -0.25) is 19.4 Å². The van der Waals surface area contributed by atoms with Crippen LogP contribution in [0.25, 0.3) is 5.69 Å². The number of carbonyl (C=O) groups is 3. The topological polar surface area (TPSA) is 110 Å². The Hall–Kier alpha value is -5.20. The number of nitrogens with zero attached hydrogens (tertiary/aromatic N) is 5. The number of amides is 3. The van der Waals surface area contributed by atoms with Gasteiger partial charge in [0.05, 0.1) is 30.2 Å². The van der Waals surface area contributed by atoms with Gasteiger partial charge in [-0.15, -0.1) is 0 Å². The van der Waals surface area contributed by atoms with E-state index in [9.17, 15) is 27.6 Å². The predicted octanol–water partition coefficient (Wildman–Crippen LogP) is 4.45. The summed E-state index contributed by atoms with van der Waals surface area (Å²) in [6, 6.07) is 13.6. The smallest absolute Gasteiger partial charge is 0.435 e. The van der Waals surface area contributed by atoms with Gasteiger partial charge in [0.15, 0.2) is 5.69 Å². The van der Waals surface area contributed by atoms with Crippen molar-refractivity contribution in [3.63, 3.8) is 0 Å². The number of alkyl halides is 3. The predicted molar refractivity (Wildman–Crippen MR) is 147 cm³/mol. The Morgan fingerprint density at radius 1 is 1.07 bits per heavy atom. The second-order valence-electron chi connectivity index (χ2n) is 9.62. The summed E-state index contributed by atoms with van der Waals surface area (Å²) in [5.41, 5.74) is -0.771. The lowest BCUT2D eigenvalue weighted by atomic mass is 10.0. The quantitative estimate of drug-likeness (QED) is 0.362. The molecule has 0 unspecified atom stereocenters. The minimum absolute atomic E-state index is 0.0431. The van der Waals surface area contributed by atoms with Gasteiger partial charge >= 0.3 is 6.18 Å². The molecule has 0 bridgehead atoms. The average Bonchev–Trinajstić information content (AvgIpc) is 3.38. The lowest BCUT2D eigenvalue weighted by molar-refractivity contribution is -0.141. The summed E-state index contributed by atoms with van der Waals surface area (Å²) in [5, 5.41) is 6.49.